The van der Waals surface area contributed by atoms with Crippen molar-refractivity contribution in [3.8, 4) is 11.5 Å². The third-order valence-electron chi connectivity index (χ3n) is 5.08. The summed E-state index contributed by atoms with van der Waals surface area (Å²) in [5.41, 5.74) is 3.47. The molecule has 0 aromatic carbocycles. The van der Waals surface area contributed by atoms with Crippen molar-refractivity contribution >= 4 is 11.3 Å². The molecule has 1 unspecified atom stereocenters. The van der Waals surface area contributed by atoms with Crippen molar-refractivity contribution in [3.05, 3.63) is 51.5 Å². The highest BCUT2D eigenvalue weighted by molar-refractivity contribution is 7.12. The number of furan rings is 1. The van der Waals surface area contributed by atoms with E-state index in [0.717, 1.165) is 50.5 Å². The number of nitrogens with one attached hydrogen (secondary N) is 1. The van der Waals surface area contributed by atoms with E-state index in [2.05, 4.69) is 27.2 Å². The van der Waals surface area contributed by atoms with Crippen LogP contribution in [0.4, 0.5) is 0 Å². The molecule has 0 bridgehead atoms. The summed E-state index contributed by atoms with van der Waals surface area (Å²) in [5.74, 6) is 0.844. The molecule has 0 aliphatic carbocycles. The molecule has 0 spiro atoms. The number of rotatable bonds is 4. The first-order chi connectivity index (χ1) is 12.4. The zero-order chi connectivity index (χ0) is 16.6. The Bertz CT molecular complexity index is 846. The number of aromatic nitrogens is 2. The number of aromatic amines is 1. The topological polar surface area (TPSA) is 54.3 Å². The maximum atomic E-state index is 5.81. The van der Waals surface area contributed by atoms with Crippen LogP contribution in [-0.4, -0.2) is 28.2 Å². The van der Waals surface area contributed by atoms with Gasteiger partial charge < -0.3 is 9.15 Å². The van der Waals surface area contributed by atoms with Gasteiger partial charge in [0.05, 0.1) is 12.4 Å². The monoisotopic (exact) mass is 355 g/mol. The molecule has 1 N–H and O–H groups in total. The average molecular weight is 355 g/mol. The third kappa shape index (κ3) is 2.94. The fraction of sp³-hybridized carbons (Fsp3) is 0.421. The van der Waals surface area contributed by atoms with E-state index in [9.17, 15) is 0 Å². The summed E-state index contributed by atoms with van der Waals surface area (Å²) in [5, 5.41) is 7.67. The third-order valence-corrected chi connectivity index (χ3v) is 6.24. The summed E-state index contributed by atoms with van der Waals surface area (Å²) in [6.07, 6.45) is 5.38. The van der Waals surface area contributed by atoms with Gasteiger partial charge in [-0.15, -0.1) is 11.3 Å². The molecule has 1 atom stereocenters. The maximum absolute atomic E-state index is 5.81. The van der Waals surface area contributed by atoms with Gasteiger partial charge in [0.25, 0.3) is 0 Å². The molecule has 0 saturated carbocycles. The van der Waals surface area contributed by atoms with E-state index in [-0.39, 0.29) is 0 Å². The van der Waals surface area contributed by atoms with Gasteiger partial charge in [-0.1, -0.05) is 0 Å². The second-order valence-electron chi connectivity index (χ2n) is 6.77. The molecule has 3 aromatic heterocycles. The Morgan fingerprint density at radius 2 is 2.32 bits per heavy atom. The first-order valence-corrected chi connectivity index (χ1v) is 9.71. The van der Waals surface area contributed by atoms with Gasteiger partial charge in [-0.2, -0.15) is 5.10 Å². The molecular formula is C19H21N3O2S. The van der Waals surface area contributed by atoms with Crippen molar-refractivity contribution in [1.82, 2.24) is 15.1 Å². The summed E-state index contributed by atoms with van der Waals surface area (Å²) in [6.45, 7) is 3.86. The summed E-state index contributed by atoms with van der Waals surface area (Å²) in [7, 11) is 0. The van der Waals surface area contributed by atoms with Crippen molar-refractivity contribution in [1.29, 1.82) is 0 Å². The summed E-state index contributed by atoms with van der Waals surface area (Å²) in [4.78, 5) is 5.29. The molecule has 130 valence electrons. The minimum atomic E-state index is 0.325. The summed E-state index contributed by atoms with van der Waals surface area (Å²) in [6, 6.07) is 8.40. The van der Waals surface area contributed by atoms with E-state index in [1.54, 1.807) is 6.26 Å². The van der Waals surface area contributed by atoms with Gasteiger partial charge in [0.1, 0.15) is 5.69 Å². The minimum Gasteiger partial charge on any atom is -0.463 e. The van der Waals surface area contributed by atoms with Gasteiger partial charge in [0.15, 0.2) is 5.76 Å². The Morgan fingerprint density at radius 1 is 1.32 bits per heavy atom. The summed E-state index contributed by atoms with van der Waals surface area (Å²) >= 11 is 1.90. The van der Waals surface area contributed by atoms with E-state index in [1.807, 2.05) is 23.5 Å². The van der Waals surface area contributed by atoms with Gasteiger partial charge in [-0.25, -0.2) is 0 Å². The van der Waals surface area contributed by atoms with Crippen LogP contribution in [0.5, 0.6) is 0 Å². The fourth-order valence-corrected chi connectivity index (χ4v) is 4.92. The van der Waals surface area contributed by atoms with Crippen molar-refractivity contribution < 1.29 is 9.15 Å². The van der Waals surface area contributed by atoms with Crippen LogP contribution in [0.3, 0.4) is 0 Å². The summed E-state index contributed by atoms with van der Waals surface area (Å²) < 4.78 is 11.4. The van der Waals surface area contributed by atoms with Gasteiger partial charge in [0, 0.05) is 53.7 Å². The first kappa shape index (κ1) is 15.4. The van der Waals surface area contributed by atoms with Crippen LogP contribution in [0.15, 0.2) is 34.9 Å². The number of ether oxygens (including phenoxy) is 1. The van der Waals surface area contributed by atoms with E-state index in [1.165, 1.54) is 27.4 Å². The Kier molecular flexibility index (Phi) is 3.96. The van der Waals surface area contributed by atoms with Gasteiger partial charge in [-0.3, -0.25) is 10.00 Å². The average Bonchev–Trinajstić information content (AvgIpc) is 3.40. The van der Waals surface area contributed by atoms with Crippen LogP contribution in [0.1, 0.15) is 40.0 Å². The Morgan fingerprint density at radius 3 is 3.16 bits per heavy atom. The molecule has 5 heterocycles. The number of fused-ring (bicyclic) bond motifs is 1. The van der Waals surface area contributed by atoms with E-state index in [0.29, 0.717) is 6.10 Å². The zero-order valence-corrected chi connectivity index (χ0v) is 14.8. The van der Waals surface area contributed by atoms with Crippen LogP contribution in [0.25, 0.3) is 11.5 Å². The normalized spacial score (nSPS) is 20.9. The van der Waals surface area contributed by atoms with E-state index < -0.39 is 0 Å². The fourth-order valence-electron chi connectivity index (χ4n) is 3.78. The standard InChI is InChI=1S/C19H21N3O2S/c1-3-16(23-9-1)18-6-5-13(25-18)11-22-8-7-15-14(12-22)19(21-20-15)17-4-2-10-24-17/h2,4-6,10,16H,1,3,7-9,11-12H2,(H,20,21). The molecule has 1 fully saturated rings. The zero-order valence-electron chi connectivity index (χ0n) is 14.0. The second kappa shape index (κ2) is 6.44. The lowest BCUT2D eigenvalue weighted by Crippen LogP contribution is -2.29. The second-order valence-corrected chi connectivity index (χ2v) is 7.97. The Balaban J connectivity index is 1.31. The molecule has 25 heavy (non-hydrogen) atoms. The molecule has 5 rings (SSSR count). The van der Waals surface area contributed by atoms with E-state index in [4.69, 9.17) is 9.15 Å². The van der Waals surface area contributed by atoms with Crippen LogP contribution in [-0.2, 0) is 24.2 Å². The predicted octanol–water partition coefficient (Wildman–Crippen LogP) is 4.14. The predicted molar refractivity (Wildman–Crippen MR) is 96.4 cm³/mol. The minimum absolute atomic E-state index is 0.325. The molecule has 0 amide bonds. The highest BCUT2D eigenvalue weighted by Gasteiger charge is 2.25. The molecule has 5 nitrogen and oxygen atoms in total. The molecule has 2 aliphatic rings. The molecule has 3 aromatic rings. The van der Waals surface area contributed by atoms with Crippen LogP contribution in [0, 0.1) is 0 Å². The van der Waals surface area contributed by atoms with Crippen LogP contribution >= 0.6 is 11.3 Å². The number of H-pyrrole nitrogens is 1. The number of hydrogen-bond donors (Lipinski definition) is 1. The lowest BCUT2D eigenvalue weighted by Gasteiger charge is -2.26. The SMILES string of the molecule is c1coc(-c2n[nH]c3c2CN(Cc2ccc(C4CCCO4)s2)CC3)c1. The van der Waals surface area contributed by atoms with Crippen LogP contribution in [0.2, 0.25) is 0 Å². The highest BCUT2D eigenvalue weighted by atomic mass is 32.1. The lowest BCUT2D eigenvalue weighted by atomic mass is 10.0. The largest absolute Gasteiger partial charge is 0.463 e. The molecule has 1 saturated heterocycles. The molecule has 0 radical (unpaired) electrons. The lowest BCUT2D eigenvalue weighted by molar-refractivity contribution is 0.114. The maximum Gasteiger partial charge on any atom is 0.154 e. The van der Waals surface area contributed by atoms with Crippen molar-refractivity contribution in [3.63, 3.8) is 0 Å². The first-order valence-electron chi connectivity index (χ1n) is 8.89. The number of hydrogen-bond acceptors (Lipinski definition) is 5. The van der Waals surface area contributed by atoms with E-state index >= 15 is 0 Å². The number of nitrogens with zero attached hydrogens (tertiary/aromatic N) is 2. The molecule has 6 heteroatoms. The number of thiophene rings is 1. The van der Waals surface area contributed by atoms with Crippen molar-refractivity contribution in [2.75, 3.05) is 13.2 Å². The Hall–Kier alpha value is -1.89. The van der Waals surface area contributed by atoms with Gasteiger partial charge in [0.2, 0.25) is 0 Å². The Labute approximate surface area is 150 Å². The highest BCUT2D eigenvalue weighted by Crippen LogP contribution is 2.34. The van der Waals surface area contributed by atoms with Gasteiger partial charge in [-0.05, 0) is 37.1 Å². The molecule has 2 aliphatic heterocycles. The van der Waals surface area contributed by atoms with Crippen molar-refractivity contribution in [2.24, 2.45) is 0 Å². The van der Waals surface area contributed by atoms with Crippen LogP contribution < -0.4 is 0 Å². The quantitative estimate of drug-likeness (QED) is 0.764. The smallest absolute Gasteiger partial charge is 0.154 e. The van der Waals surface area contributed by atoms with Crippen molar-refractivity contribution in [2.45, 2.75) is 38.5 Å². The van der Waals surface area contributed by atoms with Gasteiger partial charge >= 0.3 is 0 Å². The molecular weight excluding hydrogens is 334 g/mol.